The van der Waals surface area contributed by atoms with Crippen LogP contribution in [0.2, 0.25) is 0 Å². The predicted octanol–water partition coefficient (Wildman–Crippen LogP) is 7.35. The van der Waals surface area contributed by atoms with Crippen molar-refractivity contribution in [2.24, 2.45) is 0 Å². The van der Waals surface area contributed by atoms with Crippen molar-refractivity contribution in [3.63, 3.8) is 0 Å². The lowest BCUT2D eigenvalue weighted by atomic mass is 10.0. The van der Waals surface area contributed by atoms with Crippen LogP contribution in [0.25, 0.3) is 0 Å². The summed E-state index contributed by atoms with van der Waals surface area (Å²) in [6.07, 6.45) is 23.6. The van der Waals surface area contributed by atoms with E-state index in [0.29, 0.717) is 12.2 Å². The number of carboxylic acid groups (broad SMARTS) is 2. The summed E-state index contributed by atoms with van der Waals surface area (Å²) in [7, 11) is 8.85. The van der Waals surface area contributed by atoms with Crippen molar-refractivity contribution >= 4 is 11.9 Å². The van der Waals surface area contributed by atoms with Gasteiger partial charge in [0, 0.05) is 11.1 Å². The third-order valence-corrected chi connectivity index (χ3v) is 9.45. The van der Waals surface area contributed by atoms with Gasteiger partial charge < -0.3 is 39.0 Å². The molecule has 0 aromatic heterocycles. The molecule has 8 heteroatoms. The zero-order chi connectivity index (χ0) is 40.5. The largest absolute Gasteiger partial charge is 0.545 e. The molecule has 2 aromatic carbocycles. The Kier molecular flexibility index (Phi) is 30.4. The normalized spacial score (nSPS) is 12.7. The van der Waals surface area contributed by atoms with Gasteiger partial charge in [0.25, 0.3) is 0 Å². The molecule has 0 bridgehead atoms. The van der Waals surface area contributed by atoms with Gasteiger partial charge >= 0.3 is 0 Å². The molecule has 0 saturated heterocycles. The van der Waals surface area contributed by atoms with Crippen molar-refractivity contribution in [1.29, 1.82) is 0 Å². The van der Waals surface area contributed by atoms with Gasteiger partial charge in [0.05, 0.1) is 40.1 Å². The second-order valence-electron chi connectivity index (χ2n) is 16.3. The molecule has 2 rings (SSSR count). The Morgan fingerprint density at radius 2 is 0.796 bits per heavy atom. The molecule has 0 amide bonds. The van der Waals surface area contributed by atoms with Gasteiger partial charge in [0.15, 0.2) is 0 Å². The molecule has 0 spiro atoms. The number of carbonyl (C=O) groups excluding carboxylic acids is 2. The number of carbonyl (C=O) groups is 2. The molecule has 0 aliphatic heterocycles. The molecule has 2 atom stereocenters. The van der Waals surface area contributed by atoms with Crippen LogP contribution in [0.1, 0.15) is 141 Å². The molecule has 0 saturated carbocycles. The first-order valence-corrected chi connectivity index (χ1v) is 20.9. The Morgan fingerprint density at radius 3 is 1.07 bits per heavy atom. The standard InChI is InChI=1S/2C21H38NO.C4H4O4/c2*1-4-5-6-7-8-9-10-14-17-21(23)19-22(2,3)18-20-15-12-11-13-16-20;5-3(6)1-2-4(7)8/h2*11-13,15-16,21,23H,4-10,14,17-19H2,1-3H3;1-2H,(H,5,6)(H,7,8)/q2*+1;/p-2/b;;2-1+. The first-order chi connectivity index (χ1) is 25.7. The number of rotatable bonds is 28. The number of quaternary nitrogens is 2. The lowest BCUT2D eigenvalue weighted by Gasteiger charge is -2.32. The van der Waals surface area contributed by atoms with E-state index in [1.807, 2.05) is 0 Å². The number of likely N-dealkylation sites (N-methyl/N-ethyl adjacent to an activating group) is 2. The predicted molar refractivity (Wildman–Crippen MR) is 220 cm³/mol. The number of carboxylic acids is 2. The van der Waals surface area contributed by atoms with E-state index in [1.165, 1.54) is 114 Å². The second kappa shape index (κ2) is 32.2. The van der Waals surface area contributed by atoms with Crippen LogP contribution in [-0.2, 0) is 22.7 Å². The summed E-state index contributed by atoms with van der Waals surface area (Å²) in [5.41, 5.74) is 2.69. The number of hydrogen-bond acceptors (Lipinski definition) is 6. The molecule has 54 heavy (non-hydrogen) atoms. The highest BCUT2D eigenvalue weighted by molar-refractivity contribution is 5.87. The van der Waals surface area contributed by atoms with E-state index in [9.17, 15) is 30.0 Å². The third-order valence-electron chi connectivity index (χ3n) is 9.45. The quantitative estimate of drug-likeness (QED) is 0.0533. The second-order valence-corrected chi connectivity index (χ2v) is 16.3. The molecular weight excluding hydrogens is 677 g/mol. The number of unbranched alkanes of at least 4 members (excludes halogenated alkanes) is 14. The molecule has 8 nitrogen and oxygen atoms in total. The number of nitrogens with zero attached hydrogens (tertiary/aromatic N) is 2. The van der Waals surface area contributed by atoms with E-state index in [2.05, 4.69) is 103 Å². The molecule has 0 aliphatic carbocycles. The van der Waals surface area contributed by atoms with Gasteiger partial charge in [-0.25, -0.2) is 0 Å². The zero-order valence-electron chi connectivity index (χ0n) is 35.1. The molecular formula is C46H78N2O6. The Balaban J connectivity index is 0.000000867. The fraction of sp³-hybridized carbons (Fsp3) is 0.652. The van der Waals surface area contributed by atoms with Crippen LogP contribution in [0.15, 0.2) is 72.8 Å². The smallest absolute Gasteiger partial charge is 0.105 e. The fourth-order valence-corrected chi connectivity index (χ4v) is 6.77. The van der Waals surface area contributed by atoms with Gasteiger partial charge in [-0.05, 0) is 25.0 Å². The molecule has 2 aromatic rings. The van der Waals surface area contributed by atoms with Crippen molar-refractivity contribution in [1.82, 2.24) is 0 Å². The number of aliphatic hydroxyl groups is 2. The van der Waals surface area contributed by atoms with Gasteiger partial charge in [-0.2, -0.15) is 0 Å². The highest BCUT2D eigenvalue weighted by Crippen LogP contribution is 2.16. The average molecular weight is 755 g/mol. The molecule has 2 N–H and O–H groups in total. The maximum absolute atomic E-state index is 10.3. The van der Waals surface area contributed by atoms with Crippen molar-refractivity contribution in [2.75, 3.05) is 41.3 Å². The van der Waals surface area contributed by atoms with Crippen LogP contribution in [0, 0.1) is 0 Å². The monoisotopic (exact) mass is 755 g/mol. The zero-order valence-corrected chi connectivity index (χ0v) is 35.1. The minimum atomic E-state index is -1.55. The van der Waals surface area contributed by atoms with Crippen molar-refractivity contribution in [3.8, 4) is 0 Å². The van der Waals surface area contributed by atoms with Gasteiger partial charge in [-0.1, -0.05) is 177 Å². The van der Waals surface area contributed by atoms with Gasteiger partial charge in [0.2, 0.25) is 0 Å². The Morgan fingerprint density at radius 1 is 0.519 bits per heavy atom. The van der Waals surface area contributed by atoms with E-state index in [4.69, 9.17) is 0 Å². The van der Waals surface area contributed by atoms with Gasteiger partial charge in [-0.3, -0.25) is 0 Å². The molecule has 308 valence electrons. The topological polar surface area (TPSA) is 121 Å². The van der Waals surface area contributed by atoms with E-state index in [0.717, 1.165) is 48.0 Å². The summed E-state index contributed by atoms with van der Waals surface area (Å²) < 4.78 is 1.70. The fourth-order valence-electron chi connectivity index (χ4n) is 6.77. The molecule has 0 heterocycles. The van der Waals surface area contributed by atoms with Crippen LogP contribution >= 0.6 is 0 Å². The molecule has 0 radical (unpaired) electrons. The summed E-state index contributed by atoms with van der Waals surface area (Å²) in [5, 5.41) is 39.5. The van der Waals surface area contributed by atoms with Crippen molar-refractivity contribution in [2.45, 2.75) is 155 Å². The van der Waals surface area contributed by atoms with E-state index in [-0.39, 0.29) is 12.2 Å². The Bertz CT molecular complexity index is 1110. The minimum Gasteiger partial charge on any atom is -0.545 e. The SMILES string of the molecule is CCCCCCCCCCC(O)C[N+](C)(C)Cc1ccccc1.CCCCCCCCCCC(O)C[N+](C)(C)Cc1ccccc1.O=C([O-])/C=C/C(=O)[O-]. The lowest BCUT2D eigenvalue weighted by molar-refractivity contribution is -0.906. The van der Waals surface area contributed by atoms with E-state index >= 15 is 0 Å². The van der Waals surface area contributed by atoms with Crippen molar-refractivity contribution in [3.05, 3.63) is 83.9 Å². The highest BCUT2D eigenvalue weighted by atomic mass is 16.4. The van der Waals surface area contributed by atoms with Crippen LogP contribution in [0.5, 0.6) is 0 Å². The molecule has 2 unspecified atom stereocenters. The van der Waals surface area contributed by atoms with Crippen LogP contribution in [0.4, 0.5) is 0 Å². The summed E-state index contributed by atoms with van der Waals surface area (Å²) in [4.78, 5) is 18.8. The number of aliphatic carboxylic acids is 2. The van der Waals surface area contributed by atoms with E-state index < -0.39 is 11.9 Å². The first-order valence-electron chi connectivity index (χ1n) is 20.9. The van der Waals surface area contributed by atoms with E-state index in [1.54, 1.807) is 0 Å². The van der Waals surface area contributed by atoms with Crippen molar-refractivity contribution < 1.29 is 39.0 Å². The third kappa shape index (κ3) is 33.5. The number of benzene rings is 2. The Labute approximate surface area is 330 Å². The maximum atomic E-state index is 10.3. The minimum absolute atomic E-state index is 0.172. The highest BCUT2D eigenvalue weighted by Gasteiger charge is 2.21. The summed E-state index contributed by atoms with van der Waals surface area (Å²) >= 11 is 0. The van der Waals surface area contributed by atoms with Gasteiger partial charge in [0.1, 0.15) is 38.4 Å². The summed E-state index contributed by atoms with van der Waals surface area (Å²) in [5.74, 6) is -3.09. The molecule has 0 fully saturated rings. The average Bonchev–Trinajstić information content (AvgIpc) is 3.10. The first kappa shape index (κ1) is 51.0. The number of hydrogen-bond donors (Lipinski definition) is 2. The van der Waals surface area contributed by atoms with Crippen LogP contribution < -0.4 is 10.2 Å². The Hall–Kier alpha value is -3.04. The maximum Gasteiger partial charge on any atom is 0.105 e. The van der Waals surface area contributed by atoms with Gasteiger partial charge in [-0.15, -0.1) is 0 Å². The summed E-state index contributed by atoms with van der Waals surface area (Å²) in [6.45, 7) is 8.17. The van der Waals surface area contributed by atoms with Crippen LogP contribution in [0.3, 0.4) is 0 Å². The van der Waals surface area contributed by atoms with Crippen LogP contribution in [-0.4, -0.2) is 84.6 Å². The summed E-state index contributed by atoms with van der Waals surface area (Å²) in [6, 6.07) is 21.2. The molecule has 0 aliphatic rings. The number of aliphatic hydroxyl groups excluding tert-OH is 2. The lowest BCUT2D eigenvalue weighted by Crippen LogP contribution is -2.44.